The van der Waals surface area contributed by atoms with Gasteiger partial charge < -0.3 is 5.32 Å². The van der Waals surface area contributed by atoms with Crippen LogP contribution >= 0.6 is 11.6 Å². The van der Waals surface area contributed by atoms with Gasteiger partial charge in [0.2, 0.25) is 0 Å². The predicted molar refractivity (Wildman–Crippen MR) is 70.5 cm³/mol. The molecule has 0 saturated heterocycles. The van der Waals surface area contributed by atoms with Crippen molar-refractivity contribution in [2.24, 2.45) is 0 Å². The fourth-order valence-electron chi connectivity index (χ4n) is 1.54. The molecule has 0 spiro atoms. The Bertz CT molecular complexity index is 679. The Hall–Kier alpha value is -2.38. The number of amides is 1. The van der Waals surface area contributed by atoms with Crippen LogP contribution < -0.4 is 5.32 Å². The monoisotopic (exact) mass is 274 g/mol. The highest BCUT2D eigenvalue weighted by Crippen LogP contribution is 2.21. The summed E-state index contributed by atoms with van der Waals surface area (Å²) in [6.45, 7) is 0. The van der Waals surface area contributed by atoms with Gasteiger partial charge >= 0.3 is 0 Å². The molecule has 0 atom stereocenters. The first-order valence-corrected chi connectivity index (χ1v) is 5.74. The Morgan fingerprint density at radius 2 is 2.05 bits per heavy atom. The van der Waals surface area contributed by atoms with Gasteiger partial charge in [0.25, 0.3) is 5.91 Å². The fourth-order valence-corrected chi connectivity index (χ4v) is 1.71. The normalized spacial score (nSPS) is 9.74. The molecule has 0 heterocycles. The van der Waals surface area contributed by atoms with Crippen LogP contribution in [0.25, 0.3) is 0 Å². The van der Waals surface area contributed by atoms with Crippen molar-refractivity contribution in [1.29, 1.82) is 5.26 Å². The van der Waals surface area contributed by atoms with Crippen molar-refractivity contribution in [2.45, 2.75) is 0 Å². The molecule has 94 valence electrons. The van der Waals surface area contributed by atoms with Crippen LogP contribution in [0.2, 0.25) is 5.02 Å². The molecule has 0 unspecified atom stereocenters. The second-order valence-corrected chi connectivity index (χ2v) is 4.20. The van der Waals surface area contributed by atoms with Gasteiger partial charge in [-0.15, -0.1) is 0 Å². The third-order valence-electron chi connectivity index (χ3n) is 2.44. The molecule has 0 radical (unpaired) electrons. The summed E-state index contributed by atoms with van der Waals surface area (Å²) in [5, 5.41) is 11.9. The first-order valence-electron chi connectivity index (χ1n) is 5.37. The van der Waals surface area contributed by atoms with Crippen LogP contribution in [0.15, 0.2) is 42.5 Å². The summed E-state index contributed by atoms with van der Waals surface area (Å²) in [6, 6.07) is 11.8. The number of benzene rings is 2. The van der Waals surface area contributed by atoms with Crippen LogP contribution in [0.3, 0.4) is 0 Å². The number of carbonyl (C=O) groups is 1. The van der Waals surface area contributed by atoms with E-state index in [1.165, 1.54) is 30.3 Å². The quantitative estimate of drug-likeness (QED) is 0.909. The largest absolute Gasteiger partial charge is 0.321 e. The third kappa shape index (κ3) is 3.09. The molecule has 1 amide bonds. The van der Waals surface area contributed by atoms with Gasteiger partial charge in [-0.05, 0) is 36.4 Å². The molecule has 2 aromatic rings. The lowest BCUT2D eigenvalue weighted by Gasteiger charge is -2.07. The summed E-state index contributed by atoms with van der Waals surface area (Å²) in [6.07, 6.45) is 0. The van der Waals surface area contributed by atoms with Crippen LogP contribution in [0.5, 0.6) is 0 Å². The summed E-state index contributed by atoms with van der Waals surface area (Å²) in [5.74, 6) is -1.00. The molecule has 2 rings (SSSR count). The molecule has 0 aliphatic carbocycles. The number of hydrogen-bond donors (Lipinski definition) is 1. The zero-order valence-corrected chi connectivity index (χ0v) is 10.4. The van der Waals surface area contributed by atoms with Gasteiger partial charge in [0.15, 0.2) is 0 Å². The highest BCUT2D eigenvalue weighted by molar-refractivity contribution is 6.31. The molecule has 1 N–H and O–H groups in total. The number of hydrogen-bond acceptors (Lipinski definition) is 2. The van der Waals surface area contributed by atoms with Gasteiger partial charge in [-0.3, -0.25) is 4.79 Å². The molecule has 0 bridgehead atoms. The van der Waals surface area contributed by atoms with Crippen molar-refractivity contribution < 1.29 is 9.18 Å². The van der Waals surface area contributed by atoms with Crippen LogP contribution in [-0.2, 0) is 0 Å². The maximum absolute atomic E-state index is 13.0. The first-order chi connectivity index (χ1) is 9.10. The van der Waals surface area contributed by atoms with E-state index < -0.39 is 11.7 Å². The van der Waals surface area contributed by atoms with Crippen LogP contribution in [0, 0.1) is 17.1 Å². The molecule has 0 saturated carbocycles. The number of anilines is 1. The van der Waals surface area contributed by atoms with E-state index in [0.29, 0.717) is 10.7 Å². The molecule has 5 heteroatoms. The van der Waals surface area contributed by atoms with Crippen molar-refractivity contribution in [3.8, 4) is 6.07 Å². The Kier molecular flexibility index (Phi) is 3.79. The number of nitrogens with one attached hydrogen (secondary N) is 1. The highest BCUT2D eigenvalue weighted by Gasteiger charge is 2.10. The van der Waals surface area contributed by atoms with Gasteiger partial charge in [0.1, 0.15) is 11.9 Å². The highest BCUT2D eigenvalue weighted by atomic mass is 35.5. The average molecular weight is 275 g/mol. The van der Waals surface area contributed by atoms with E-state index in [0.717, 1.165) is 6.07 Å². The zero-order valence-electron chi connectivity index (χ0n) is 9.65. The van der Waals surface area contributed by atoms with Gasteiger partial charge in [-0.1, -0.05) is 17.7 Å². The van der Waals surface area contributed by atoms with Gasteiger partial charge in [-0.2, -0.15) is 5.26 Å². The lowest BCUT2D eigenvalue weighted by atomic mass is 10.1. The second kappa shape index (κ2) is 5.51. The van der Waals surface area contributed by atoms with Gasteiger partial charge in [0, 0.05) is 10.6 Å². The minimum absolute atomic E-state index is 0.170. The number of nitriles is 1. The van der Waals surface area contributed by atoms with Crippen LogP contribution in [0.1, 0.15) is 15.9 Å². The molecule has 2 aromatic carbocycles. The summed E-state index contributed by atoms with van der Waals surface area (Å²) < 4.78 is 13.0. The number of carbonyl (C=O) groups excluding carboxylic acids is 1. The van der Waals surface area contributed by atoms with Gasteiger partial charge in [0.05, 0.1) is 11.3 Å². The van der Waals surface area contributed by atoms with E-state index >= 15 is 0 Å². The molecule has 19 heavy (non-hydrogen) atoms. The fraction of sp³-hybridized carbons (Fsp3) is 0. The summed E-state index contributed by atoms with van der Waals surface area (Å²) in [7, 11) is 0. The van der Waals surface area contributed by atoms with Crippen molar-refractivity contribution >= 4 is 23.2 Å². The van der Waals surface area contributed by atoms with E-state index in [-0.39, 0.29) is 11.1 Å². The average Bonchev–Trinajstić information content (AvgIpc) is 2.39. The minimum atomic E-state index is -0.502. The maximum atomic E-state index is 13.0. The topological polar surface area (TPSA) is 52.9 Å². The SMILES string of the molecule is N#Cc1ccc(Cl)cc1NC(=O)c1cccc(F)c1. The Morgan fingerprint density at radius 1 is 1.26 bits per heavy atom. The second-order valence-electron chi connectivity index (χ2n) is 3.77. The Morgan fingerprint density at radius 3 is 2.74 bits per heavy atom. The number of nitrogens with zero attached hydrogens (tertiary/aromatic N) is 1. The minimum Gasteiger partial charge on any atom is -0.321 e. The lowest BCUT2D eigenvalue weighted by Crippen LogP contribution is -2.13. The molecule has 0 aromatic heterocycles. The summed E-state index contributed by atoms with van der Waals surface area (Å²) in [5.41, 5.74) is 0.752. The van der Waals surface area contributed by atoms with E-state index in [1.807, 2.05) is 6.07 Å². The molecule has 0 fully saturated rings. The Balaban J connectivity index is 2.29. The Labute approximate surface area is 114 Å². The standard InChI is InChI=1S/C14H8ClFN2O/c15-11-5-4-10(8-17)13(7-11)18-14(19)9-2-1-3-12(16)6-9/h1-7H,(H,18,19). The number of rotatable bonds is 2. The van der Waals surface area contributed by atoms with Crippen molar-refractivity contribution in [1.82, 2.24) is 0 Å². The zero-order chi connectivity index (χ0) is 13.8. The van der Waals surface area contributed by atoms with E-state index in [9.17, 15) is 9.18 Å². The van der Waals surface area contributed by atoms with E-state index in [2.05, 4.69) is 5.32 Å². The molecule has 3 nitrogen and oxygen atoms in total. The van der Waals surface area contributed by atoms with Crippen molar-refractivity contribution in [3.05, 3.63) is 64.4 Å². The van der Waals surface area contributed by atoms with E-state index in [4.69, 9.17) is 16.9 Å². The van der Waals surface area contributed by atoms with Gasteiger partial charge in [-0.25, -0.2) is 4.39 Å². The third-order valence-corrected chi connectivity index (χ3v) is 2.67. The first kappa shape index (κ1) is 13.1. The smallest absolute Gasteiger partial charge is 0.255 e. The predicted octanol–water partition coefficient (Wildman–Crippen LogP) is 3.60. The molecular formula is C14H8ClFN2O. The molecule has 0 aliphatic heterocycles. The van der Waals surface area contributed by atoms with Crippen LogP contribution in [0.4, 0.5) is 10.1 Å². The van der Waals surface area contributed by atoms with Crippen molar-refractivity contribution in [3.63, 3.8) is 0 Å². The molecule has 0 aliphatic rings. The van der Waals surface area contributed by atoms with Crippen LogP contribution in [-0.4, -0.2) is 5.91 Å². The lowest BCUT2D eigenvalue weighted by molar-refractivity contribution is 0.102. The maximum Gasteiger partial charge on any atom is 0.255 e. The summed E-state index contributed by atoms with van der Waals surface area (Å²) in [4.78, 5) is 11.9. The van der Waals surface area contributed by atoms with E-state index in [1.54, 1.807) is 6.07 Å². The molecular weight excluding hydrogens is 267 g/mol. The summed E-state index contributed by atoms with van der Waals surface area (Å²) >= 11 is 5.81. The van der Waals surface area contributed by atoms with Crippen molar-refractivity contribution in [2.75, 3.05) is 5.32 Å². The number of halogens is 2.